The van der Waals surface area contributed by atoms with Crippen molar-refractivity contribution in [2.24, 2.45) is 0 Å². The molecule has 66 valence electrons. The molecule has 11 heavy (non-hydrogen) atoms. The summed E-state index contributed by atoms with van der Waals surface area (Å²) in [5, 5.41) is 15.8. The van der Waals surface area contributed by atoms with Crippen molar-refractivity contribution in [3.05, 3.63) is 0 Å². The van der Waals surface area contributed by atoms with Gasteiger partial charge in [0.05, 0.1) is 12.8 Å². The molecule has 2 N–H and O–H groups in total. The van der Waals surface area contributed by atoms with Crippen LogP contribution in [0.4, 0.5) is 0 Å². The highest BCUT2D eigenvalue weighted by atomic mass is 35.5. The summed E-state index contributed by atoms with van der Waals surface area (Å²) >= 11 is 5.00. The molecule has 0 unspecified atom stereocenters. The Labute approximate surface area is 69.8 Å². The van der Waals surface area contributed by atoms with Gasteiger partial charge >= 0.3 is 11.9 Å². The lowest BCUT2D eigenvalue weighted by atomic mass is 10.3. The summed E-state index contributed by atoms with van der Waals surface area (Å²) in [5.41, 5.74) is 0. The van der Waals surface area contributed by atoms with Gasteiger partial charge in [-0.05, 0) is 0 Å². The van der Waals surface area contributed by atoms with E-state index >= 15 is 0 Å². The van der Waals surface area contributed by atoms with E-state index < -0.39 is 11.9 Å². The Morgan fingerprint density at radius 2 is 1.36 bits per heavy atom. The molecule has 0 saturated heterocycles. The maximum Gasteiger partial charge on any atom is 0.303 e. The summed E-state index contributed by atoms with van der Waals surface area (Å²) in [6.45, 7) is 1.89. The Morgan fingerprint density at radius 3 is 1.45 bits per heavy atom. The van der Waals surface area contributed by atoms with E-state index in [-0.39, 0.29) is 12.8 Å². The van der Waals surface area contributed by atoms with E-state index in [4.69, 9.17) is 21.8 Å². The molecule has 0 bridgehead atoms. The fourth-order valence-corrected chi connectivity index (χ4v) is 0.214. The van der Waals surface area contributed by atoms with Crippen LogP contribution in [0, 0.1) is 0 Å². The number of carbonyl (C=O) groups is 2. The maximum absolute atomic E-state index is 9.64. The zero-order valence-corrected chi connectivity index (χ0v) is 6.97. The smallest absolute Gasteiger partial charge is 0.303 e. The number of hydrogen-bond acceptors (Lipinski definition) is 2. The second kappa shape index (κ2) is 9.23. The monoisotopic (exact) mass is 182 g/mol. The van der Waals surface area contributed by atoms with Gasteiger partial charge in [-0.2, -0.15) is 0 Å². The van der Waals surface area contributed by atoms with Gasteiger partial charge in [0, 0.05) is 5.88 Å². The van der Waals surface area contributed by atoms with Crippen molar-refractivity contribution in [2.75, 3.05) is 5.88 Å². The second-order valence-corrected chi connectivity index (χ2v) is 2.09. The highest BCUT2D eigenvalue weighted by Gasteiger charge is 2.00. The maximum atomic E-state index is 9.64. The van der Waals surface area contributed by atoms with Gasteiger partial charge in [-0.1, -0.05) is 6.92 Å². The molecule has 0 saturated carbocycles. The van der Waals surface area contributed by atoms with Gasteiger partial charge < -0.3 is 10.2 Å². The zero-order chi connectivity index (χ0) is 9.28. The lowest BCUT2D eigenvalue weighted by molar-refractivity contribution is -0.143. The Kier molecular flexibility index (Phi) is 10.8. The third-order valence-electron chi connectivity index (χ3n) is 0.553. The number of alkyl halides is 1. The number of halogens is 1. The van der Waals surface area contributed by atoms with Crippen molar-refractivity contribution in [2.45, 2.75) is 19.8 Å². The van der Waals surface area contributed by atoms with E-state index in [2.05, 4.69) is 0 Å². The van der Waals surface area contributed by atoms with Crippen molar-refractivity contribution in [1.82, 2.24) is 0 Å². The SMILES string of the molecule is CCCl.O=C(O)CCC(=O)O. The first kappa shape index (κ1) is 12.9. The molecule has 0 fully saturated rings. The average Bonchev–Trinajstić information content (AvgIpc) is 1.85. The molecule has 4 nitrogen and oxygen atoms in total. The van der Waals surface area contributed by atoms with Gasteiger partial charge in [0.2, 0.25) is 0 Å². The van der Waals surface area contributed by atoms with Crippen molar-refractivity contribution in [1.29, 1.82) is 0 Å². The number of rotatable bonds is 3. The molecule has 0 aliphatic heterocycles. The average molecular weight is 183 g/mol. The normalized spacial score (nSPS) is 7.82. The lowest BCUT2D eigenvalue weighted by Gasteiger charge is -1.85. The number of carboxylic acid groups (broad SMARTS) is 2. The van der Waals surface area contributed by atoms with Crippen LogP contribution in [0.1, 0.15) is 19.8 Å². The largest absolute Gasteiger partial charge is 0.481 e. The fourth-order valence-electron chi connectivity index (χ4n) is 0.214. The minimum absolute atomic E-state index is 0.296. The quantitative estimate of drug-likeness (QED) is 0.643. The van der Waals surface area contributed by atoms with Gasteiger partial charge in [-0.15, -0.1) is 11.6 Å². The summed E-state index contributed by atoms with van der Waals surface area (Å²) < 4.78 is 0. The lowest BCUT2D eigenvalue weighted by Crippen LogP contribution is -2.00. The van der Waals surface area contributed by atoms with Crippen LogP contribution in [0.5, 0.6) is 0 Å². The number of aliphatic carboxylic acids is 2. The van der Waals surface area contributed by atoms with Gasteiger partial charge in [0.15, 0.2) is 0 Å². The van der Waals surface area contributed by atoms with E-state index in [9.17, 15) is 9.59 Å². The molecule has 0 aromatic rings. The van der Waals surface area contributed by atoms with Crippen LogP contribution >= 0.6 is 11.6 Å². The van der Waals surface area contributed by atoms with Crippen LogP contribution in [0.2, 0.25) is 0 Å². The molecule has 0 radical (unpaired) electrons. The fraction of sp³-hybridized carbons (Fsp3) is 0.667. The Bertz CT molecular complexity index is 110. The summed E-state index contributed by atoms with van der Waals surface area (Å²) in [6, 6.07) is 0. The van der Waals surface area contributed by atoms with Crippen LogP contribution < -0.4 is 0 Å². The molecule has 0 aromatic heterocycles. The van der Waals surface area contributed by atoms with E-state index in [1.807, 2.05) is 6.92 Å². The summed E-state index contributed by atoms with van der Waals surface area (Å²) in [4.78, 5) is 19.3. The standard InChI is InChI=1S/C4H6O4.C2H5Cl/c5-3(6)1-2-4(7)8;1-2-3/h1-2H2,(H,5,6)(H,7,8);2H2,1H3. The predicted octanol–water partition coefficient (Wildman–Crippen LogP) is 1.18. The number of hydrogen-bond donors (Lipinski definition) is 2. The minimum Gasteiger partial charge on any atom is -0.481 e. The minimum atomic E-state index is -1.08. The van der Waals surface area contributed by atoms with Crippen LogP contribution in [0.15, 0.2) is 0 Å². The van der Waals surface area contributed by atoms with Gasteiger partial charge in [-0.3, -0.25) is 9.59 Å². The Balaban J connectivity index is 0. The van der Waals surface area contributed by atoms with Crippen molar-refractivity contribution in [3.63, 3.8) is 0 Å². The van der Waals surface area contributed by atoms with E-state index in [1.54, 1.807) is 0 Å². The molecule has 0 aliphatic carbocycles. The predicted molar refractivity (Wildman–Crippen MR) is 40.9 cm³/mol. The molecule has 0 amide bonds. The summed E-state index contributed by atoms with van der Waals surface area (Å²) in [5.74, 6) is -1.43. The third-order valence-corrected chi connectivity index (χ3v) is 0.553. The van der Waals surface area contributed by atoms with E-state index in [0.717, 1.165) is 5.88 Å². The van der Waals surface area contributed by atoms with Crippen LogP contribution in [0.3, 0.4) is 0 Å². The van der Waals surface area contributed by atoms with Gasteiger partial charge in [0.25, 0.3) is 0 Å². The topological polar surface area (TPSA) is 74.6 Å². The summed E-state index contributed by atoms with van der Waals surface area (Å²) in [7, 11) is 0. The molecule has 0 heterocycles. The highest BCUT2D eigenvalue weighted by molar-refractivity contribution is 6.17. The first-order chi connectivity index (χ1) is 5.04. The van der Waals surface area contributed by atoms with Crippen molar-refractivity contribution in [3.8, 4) is 0 Å². The highest BCUT2D eigenvalue weighted by Crippen LogP contribution is 1.86. The molecule has 0 aromatic carbocycles. The molecule has 0 rings (SSSR count). The number of carboxylic acids is 2. The zero-order valence-electron chi connectivity index (χ0n) is 6.21. The first-order valence-corrected chi connectivity index (χ1v) is 3.57. The van der Waals surface area contributed by atoms with Gasteiger partial charge in [-0.25, -0.2) is 0 Å². The van der Waals surface area contributed by atoms with E-state index in [0.29, 0.717) is 0 Å². The first-order valence-electron chi connectivity index (χ1n) is 3.04. The van der Waals surface area contributed by atoms with Crippen LogP contribution in [-0.4, -0.2) is 28.0 Å². The van der Waals surface area contributed by atoms with Crippen LogP contribution in [0.25, 0.3) is 0 Å². The van der Waals surface area contributed by atoms with Crippen LogP contribution in [-0.2, 0) is 9.59 Å². The third kappa shape index (κ3) is 27.0. The molecule has 0 aliphatic rings. The molecule has 0 spiro atoms. The molecular formula is C6H11ClO4. The van der Waals surface area contributed by atoms with Crippen molar-refractivity contribution >= 4 is 23.5 Å². The summed E-state index contributed by atoms with van der Waals surface area (Å²) in [6.07, 6.45) is -0.593. The van der Waals surface area contributed by atoms with Gasteiger partial charge in [0.1, 0.15) is 0 Å². The second-order valence-electron chi connectivity index (χ2n) is 1.55. The molecular weight excluding hydrogens is 172 g/mol. The Hall–Kier alpha value is -0.770. The molecule has 0 atom stereocenters. The van der Waals surface area contributed by atoms with Crippen molar-refractivity contribution < 1.29 is 19.8 Å². The van der Waals surface area contributed by atoms with E-state index in [1.165, 1.54) is 0 Å². The Morgan fingerprint density at radius 1 is 1.18 bits per heavy atom. The molecule has 5 heteroatoms.